The molecule has 0 saturated heterocycles. The van der Waals surface area contributed by atoms with Gasteiger partial charge in [-0.2, -0.15) is 0 Å². The van der Waals surface area contributed by atoms with Crippen molar-refractivity contribution in [2.75, 3.05) is 0 Å². The Hall–Kier alpha value is -2.35. The molecule has 2 amide bonds. The van der Waals surface area contributed by atoms with E-state index in [1.165, 1.54) is 23.5 Å². The minimum atomic E-state index is -0.764. The summed E-state index contributed by atoms with van der Waals surface area (Å²) >= 11 is 25.4. The van der Waals surface area contributed by atoms with Gasteiger partial charge in [0.15, 0.2) is 0 Å². The largest absolute Gasteiger partial charge is 0.394 e. The molecule has 0 fully saturated rings. The lowest BCUT2D eigenvalue weighted by atomic mass is 10.1. The molecule has 3 N–H and O–H groups in total. The van der Waals surface area contributed by atoms with Gasteiger partial charge in [0.05, 0.1) is 25.6 Å². The van der Waals surface area contributed by atoms with E-state index in [-0.39, 0.29) is 11.3 Å². The van der Waals surface area contributed by atoms with Crippen LogP contribution in [0.25, 0.3) is 0 Å². The molecule has 0 aliphatic heterocycles. The van der Waals surface area contributed by atoms with E-state index in [0.717, 1.165) is 0 Å². The summed E-state index contributed by atoms with van der Waals surface area (Å²) in [6.45, 7) is 1.62. The van der Waals surface area contributed by atoms with Crippen molar-refractivity contribution >= 4 is 81.0 Å². The Labute approximate surface area is 208 Å². The van der Waals surface area contributed by atoms with Gasteiger partial charge < -0.3 is 5.73 Å². The van der Waals surface area contributed by atoms with Crippen molar-refractivity contribution in [3.63, 3.8) is 0 Å². The highest BCUT2D eigenvalue weighted by Gasteiger charge is 2.19. The SMILES string of the molecule is CC(C(=Nc1ccc(Cl)cc1Cl)c1ccc(Cl)s1)=C(N)C(=O)NC(=O)c1ccc(Cl)cc1. The second-order valence-electron chi connectivity index (χ2n) is 6.49. The fourth-order valence-corrected chi connectivity index (χ4v) is 4.27. The Balaban J connectivity index is 1.97. The molecule has 32 heavy (non-hydrogen) atoms. The molecule has 3 aromatic rings. The molecule has 0 aliphatic rings. The van der Waals surface area contributed by atoms with E-state index in [1.54, 1.807) is 49.4 Å². The Kier molecular flexibility index (Phi) is 7.98. The number of carbonyl (C=O) groups is 2. The van der Waals surface area contributed by atoms with Gasteiger partial charge in [0.2, 0.25) is 0 Å². The molecule has 0 saturated carbocycles. The van der Waals surface area contributed by atoms with Crippen LogP contribution in [0.5, 0.6) is 0 Å². The van der Waals surface area contributed by atoms with E-state index in [1.807, 2.05) is 0 Å². The zero-order valence-electron chi connectivity index (χ0n) is 16.5. The maximum atomic E-state index is 12.7. The Morgan fingerprint density at radius 1 is 0.938 bits per heavy atom. The van der Waals surface area contributed by atoms with Crippen LogP contribution in [0.3, 0.4) is 0 Å². The molecule has 0 atom stereocenters. The van der Waals surface area contributed by atoms with Crippen molar-refractivity contribution in [2.24, 2.45) is 10.7 Å². The molecule has 2 aromatic carbocycles. The molecule has 0 spiro atoms. The van der Waals surface area contributed by atoms with E-state index < -0.39 is 11.8 Å². The molecule has 3 rings (SSSR count). The first-order valence-corrected chi connectivity index (χ1v) is 11.4. The van der Waals surface area contributed by atoms with Gasteiger partial charge in [-0.3, -0.25) is 14.9 Å². The van der Waals surface area contributed by atoms with Crippen LogP contribution in [0.2, 0.25) is 19.4 Å². The first-order valence-electron chi connectivity index (χ1n) is 9.03. The second kappa shape index (κ2) is 10.5. The predicted molar refractivity (Wildman–Crippen MR) is 133 cm³/mol. The smallest absolute Gasteiger partial charge is 0.274 e. The number of aliphatic imine (C=N–C) groups is 1. The molecule has 0 bridgehead atoms. The van der Waals surface area contributed by atoms with E-state index in [4.69, 9.17) is 52.1 Å². The third kappa shape index (κ3) is 5.91. The molecule has 0 radical (unpaired) electrons. The Morgan fingerprint density at radius 2 is 1.59 bits per heavy atom. The van der Waals surface area contributed by atoms with Crippen molar-refractivity contribution in [3.8, 4) is 0 Å². The summed E-state index contributed by atoms with van der Waals surface area (Å²) in [5, 5.41) is 3.52. The molecule has 5 nitrogen and oxygen atoms in total. The number of nitrogens with zero attached hydrogens (tertiary/aromatic N) is 1. The zero-order chi connectivity index (χ0) is 23.4. The number of thiophene rings is 1. The number of nitrogens with two attached hydrogens (primary N) is 1. The number of amides is 2. The van der Waals surface area contributed by atoms with Crippen LogP contribution in [-0.4, -0.2) is 17.5 Å². The van der Waals surface area contributed by atoms with E-state index in [9.17, 15) is 9.59 Å². The number of imide groups is 1. The first-order chi connectivity index (χ1) is 15.2. The number of nitrogens with one attached hydrogen (secondary N) is 1. The number of allylic oxidation sites excluding steroid dienone is 1. The molecular formula is C22H15Cl4N3O2S. The number of benzene rings is 2. The summed E-state index contributed by atoms with van der Waals surface area (Å²) in [5.41, 5.74) is 7.35. The van der Waals surface area contributed by atoms with Gasteiger partial charge in [-0.1, -0.05) is 46.4 Å². The highest BCUT2D eigenvalue weighted by molar-refractivity contribution is 7.18. The fourth-order valence-electron chi connectivity index (χ4n) is 2.60. The highest BCUT2D eigenvalue weighted by Crippen LogP contribution is 2.31. The normalized spacial score (nSPS) is 12.3. The number of hydrogen-bond donors (Lipinski definition) is 2. The van der Waals surface area contributed by atoms with Crippen LogP contribution in [0.1, 0.15) is 22.2 Å². The number of carbonyl (C=O) groups excluding carboxylic acids is 2. The molecular weight excluding hydrogens is 512 g/mol. The summed E-state index contributed by atoms with van der Waals surface area (Å²) in [6.07, 6.45) is 0. The van der Waals surface area contributed by atoms with Gasteiger partial charge in [0, 0.05) is 21.2 Å². The van der Waals surface area contributed by atoms with Gasteiger partial charge in [-0.05, 0) is 61.5 Å². The third-order valence-corrected chi connectivity index (χ3v) is 6.31. The van der Waals surface area contributed by atoms with Gasteiger partial charge in [-0.25, -0.2) is 4.99 Å². The minimum absolute atomic E-state index is 0.180. The standard InChI is InChI=1S/C22H15Cl4N3O2S/c1-11(19(27)22(31)29-21(30)12-2-4-13(23)5-3-12)20(17-8-9-18(26)32-17)28-16-7-6-14(24)10-15(16)25/h2-10H,27H2,1H3,(H,29,30,31). The average molecular weight is 527 g/mol. The van der Waals surface area contributed by atoms with Gasteiger partial charge in [0.1, 0.15) is 5.70 Å². The van der Waals surface area contributed by atoms with Crippen LogP contribution >= 0.6 is 57.7 Å². The van der Waals surface area contributed by atoms with Gasteiger partial charge in [0.25, 0.3) is 11.8 Å². The maximum Gasteiger partial charge on any atom is 0.274 e. The van der Waals surface area contributed by atoms with E-state index >= 15 is 0 Å². The summed E-state index contributed by atoms with van der Waals surface area (Å²) in [4.78, 5) is 30.3. The topological polar surface area (TPSA) is 84.5 Å². The van der Waals surface area contributed by atoms with Gasteiger partial charge in [-0.15, -0.1) is 11.3 Å². The van der Waals surface area contributed by atoms with Crippen LogP contribution in [0, 0.1) is 0 Å². The molecule has 1 aromatic heterocycles. The van der Waals surface area contributed by atoms with Crippen molar-refractivity contribution in [3.05, 3.63) is 95.7 Å². The zero-order valence-corrected chi connectivity index (χ0v) is 20.3. The Morgan fingerprint density at radius 3 is 2.19 bits per heavy atom. The molecule has 1 heterocycles. The monoisotopic (exact) mass is 525 g/mol. The summed E-state index contributed by atoms with van der Waals surface area (Å²) in [7, 11) is 0. The highest BCUT2D eigenvalue weighted by atomic mass is 35.5. The fraction of sp³-hybridized carbons (Fsp3) is 0.0455. The average Bonchev–Trinajstić information content (AvgIpc) is 3.18. The number of halogens is 4. The van der Waals surface area contributed by atoms with E-state index in [0.29, 0.717) is 41.3 Å². The molecule has 0 aliphatic carbocycles. The molecule has 0 unspecified atom stereocenters. The number of hydrogen-bond acceptors (Lipinski definition) is 5. The lowest BCUT2D eigenvalue weighted by molar-refractivity contribution is -0.116. The molecule has 10 heteroatoms. The maximum absolute atomic E-state index is 12.7. The third-order valence-electron chi connectivity index (χ3n) is 4.29. The van der Waals surface area contributed by atoms with Crippen LogP contribution < -0.4 is 11.1 Å². The summed E-state index contributed by atoms with van der Waals surface area (Å²) in [6, 6.07) is 14.4. The summed E-state index contributed by atoms with van der Waals surface area (Å²) in [5.74, 6) is -1.37. The lowest BCUT2D eigenvalue weighted by Crippen LogP contribution is -2.35. The van der Waals surface area contributed by atoms with E-state index in [2.05, 4.69) is 10.3 Å². The van der Waals surface area contributed by atoms with Crippen LogP contribution in [-0.2, 0) is 4.79 Å². The second-order valence-corrected chi connectivity index (χ2v) is 9.48. The lowest BCUT2D eigenvalue weighted by Gasteiger charge is -2.11. The van der Waals surface area contributed by atoms with Crippen molar-refractivity contribution < 1.29 is 9.59 Å². The van der Waals surface area contributed by atoms with Crippen LogP contribution in [0.15, 0.2) is 70.9 Å². The van der Waals surface area contributed by atoms with Crippen molar-refractivity contribution in [1.29, 1.82) is 0 Å². The Bertz CT molecular complexity index is 1250. The first kappa shape index (κ1) is 24.3. The number of rotatable bonds is 5. The summed E-state index contributed by atoms with van der Waals surface area (Å²) < 4.78 is 0.531. The van der Waals surface area contributed by atoms with Crippen molar-refractivity contribution in [2.45, 2.75) is 6.92 Å². The van der Waals surface area contributed by atoms with Crippen LogP contribution in [0.4, 0.5) is 5.69 Å². The van der Waals surface area contributed by atoms with Crippen molar-refractivity contribution in [1.82, 2.24) is 5.32 Å². The predicted octanol–water partition coefficient (Wildman–Crippen LogP) is 6.67. The van der Waals surface area contributed by atoms with Gasteiger partial charge >= 0.3 is 0 Å². The minimum Gasteiger partial charge on any atom is -0.394 e. The molecule has 164 valence electrons. The quantitative estimate of drug-likeness (QED) is 0.287.